The van der Waals surface area contributed by atoms with Crippen LogP contribution >= 0.6 is 0 Å². The van der Waals surface area contributed by atoms with Crippen LogP contribution in [-0.4, -0.2) is 11.9 Å². The Labute approximate surface area is 155 Å². The number of carbonyl (C=O) groups is 2. The second-order valence-electron chi connectivity index (χ2n) is 5.82. The molecular formula is C20H18FN3O3. The van der Waals surface area contributed by atoms with Crippen molar-refractivity contribution < 1.29 is 18.4 Å². The highest BCUT2D eigenvalue weighted by Crippen LogP contribution is 2.14. The fraction of sp³-hybridized carbons (Fsp3) is 0.100. The summed E-state index contributed by atoms with van der Waals surface area (Å²) >= 11 is 0. The zero-order valence-electron chi connectivity index (χ0n) is 14.4. The molecular weight excluding hydrogens is 349 g/mol. The highest BCUT2D eigenvalue weighted by atomic mass is 19.1. The first kappa shape index (κ1) is 18.2. The van der Waals surface area contributed by atoms with E-state index in [1.165, 1.54) is 18.4 Å². The van der Waals surface area contributed by atoms with Crippen LogP contribution in [0.5, 0.6) is 0 Å². The molecule has 0 spiro atoms. The maximum Gasteiger partial charge on any atom is 0.319 e. The summed E-state index contributed by atoms with van der Waals surface area (Å²) in [5, 5.41) is 8.08. The lowest BCUT2D eigenvalue weighted by molar-refractivity contribution is -0.115. The molecule has 0 unspecified atom stereocenters. The molecule has 0 aliphatic heterocycles. The molecule has 0 atom stereocenters. The van der Waals surface area contributed by atoms with Crippen molar-refractivity contribution >= 4 is 23.3 Å². The van der Waals surface area contributed by atoms with E-state index in [9.17, 15) is 14.0 Å². The van der Waals surface area contributed by atoms with Crippen molar-refractivity contribution in [1.29, 1.82) is 0 Å². The molecule has 0 aliphatic rings. The summed E-state index contributed by atoms with van der Waals surface area (Å²) in [5.74, 6) is 0.0278. The predicted octanol–water partition coefficient (Wildman–Crippen LogP) is 3.92. The van der Waals surface area contributed by atoms with Gasteiger partial charge in [0, 0.05) is 11.4 Å². The van der Waals surface area contributed by atoms with Crippen molar-refractivity contribution in [3.8, 4) is 0 Å². The van der Waals surface area contributed by atoms with Gasteiger partial charge in [-0.3, -0.25) is 4.79 Å². The molecule has 6 nitrogen and oxygen atoms in total. The van der Waals surface area contributed by atoms with Crippen LogP contribution in [0.25, 0.3) is 0 Å². The van der Waals surface area contributed by atoms with Crippen molar-refractivity contribution in [2.45, 2.75) is 13.0 Å². The van der Waals surface area contributed by atoms with Crippen LogP contribution in [0, 0.1) is 5.82 Å². The minimum Gasteiger partial charge on any atom is -0.467 e. The highest BCUT2D eigenvalue weighted by molar-refractivity contribution is 5.93. The lowest BCUT2D eigenvalue weighted by Gasteiger charge is -2.09. The van der Waals surface area contributed by atoms with E-state index in [4.69, 9.17) is 4.42 Å². The Bertz CT molecular complexity index is 908. The van der Waals surface area contributed by atoms with Gasteiger partial charge >= 0.3 is 6.03 Å². The van der Waals surface area contributed by atoms with Crippen molar-refractivity contribution in [2.24, 2.45) is 0 Å². The van der Waals surface area contributed by atoms with Crippen molar-refractivity contribution in [3.63, 3.8) is 0 Å². The third-order valence-electron chi connectivity index (χ3n) is 3.68. The number of anilines is 2. The standard InChI is InChI=1S/C20H18FN3O3/c21-15-4-1-3-14(11-15)12-19(25)23-16-6-8-17(9-7-16)24-20(26)22-13-18-5-2-10-27-18/h1-11H,12-13H2,(H,23,25)(H2,22,24,26). The summed E-state index contributed by atoms with van der Waals surface area (Å²) in [6, 6.07) is 15.7. The molecule has 0 saturated heterocycles. The van der Waals surface area contributed by atoms with Crippen LogP contribution < -0.4 is 16.0 Å². The van der Waals surface area contributed by atoms with Gasteiger partial charge < -0.3 is 20.4 Å². The maximum atomic E-state index is 13.2. The third-order valence-corrected chi connectivity index (χ3v) is 3.68. The number of furan rings is 1. The second kappa shape index (κ2) is 8.66. The fourth-order valence-corrected chi connectivity index (χ4v) is 2.43. The Hall–Kier alpha value is -3.61. The van der Waals surface area contributed by atoms with Crippen LogP contribution in [0.1, 0.15) is 11.3 Å². The second-order valence-corrected chi connectivity index (χ2v) is 5.82. The minimum atomic E-state index is -0.374. The predicted molar refractivity (Wildman–Crippen MR) is 99.7 cm³/mol. The number of rotatable bonds is 6. The van der Waals surface area contributed by atoms with Gasteiger partial charge in [-0.1, -0.05) is 12.1 Å². The van der Waals surface area contributed by atoms with Crippen LogP contribution in [0.15, 0.2) is 71.3 Å². The number of carbonyl (C=O) groups excluding carboxylic acids is 2. The Morgan fingerprint density at radius 1 is 0.926 bits per heavy atom. The Kier molecular flexibility index (Phi) is 5.84. The minimum absolute atomic E-state index is 0.0763. The molecule has 1 aromatic heterocycles. The van der Waals surface area contributed by atoms with Gasteiger partial charge in [0.1, 0.15) is 11.6 Å². The zero-order valence-corrected chi connectivity index (χ0v) is 14.4. The molecule has 0 radical (unpaired) electrons. The molecule has 3 rings (SSSR count). The summed E-state index contributed by atoms with van der Waals surface area (Å²) in [7, 11) is 0. The van der Waals surface area contributed by atoms with E-state index in [0.29, 0.717) is 22.7 Å². The van der Waals surface area contributed by atoms with Crippen molar-refractivity contribution in [3.05, 3.63) is 84.1 Å². The number of nitrogens with one attached hydrogen (secondary N) is 3. The number of amides is 3. The van der Waals surface area contributed by atoms with Crippen molar-refractivity contribution in [2.75, 3.05) is 10.6 Å². The van der Waals surface area contributed by atoms with Gasteiger partial charge in [-0.15, -0.1) is 0 Å². The SMILES string of the molecule is O=C(Cc1cccc(F)c1)Nc1ccc(NC(=O)NCc2ccco2)cc1. The molecule has 3 aromatic rings. The average Bonchev–Trinajstić information content (AvgIpc) is 3.15. The van der Waals surface area contributed by atoms with E-state index in [1.807, 2.05) is 0 Å². The first-order chi connectivity index (χ1) is 13.1. The van der Waals surface area contributed by atoms with Gasteiger partial charge in [0.15, 0.2) is 0 Å². The summed E-state index contributed by atoms with van der Waals surface area (Å²) in [6.45, 7) is 0.285. The van der Waals surface area contributed by atoms with Gasteiger partial charge in [-0.05, 0) is 54.1 Å². The fourth-order valence-electron chi connectivity index (χ4n) is 2.43. The summed E-state index contributed by atoms with van der Waals surface area (Å²) < 4.78 is 18.3. The molecule has 0 saturated carbocycles. The number of benzene rings is 2. The Morgan fingerprint density at radius 3 is 2.33 bits per heavy atom. The molecule has 2 aromatic carbocycles. The Balaban J connectivity index is 1.47. The number of urea groups is 1. The van der Waals surface area contributed by atoms with E-state index >= 15 is 0 Å². The van der Waals surface area contributed by atoms with E-state index in [2.05, 4.69) is 16.0 Å². The zero-order chi connectivity index (χ0) is 19.1. The number of hydrogen-bond acceptors (Lipinski definition) is 3. The van der Waals surface area contributed by atoms with Gasteiger partial charge in [-0.2, -0.15) is 0 Å². The van der Waals surface area contributed by atoms with Crippen LogP contribution in [-0.2, 0) is 17.8 Å². The van der Waals surface area contributed by atoms with E-state index in [0.717, 1.165) is 0 Å². The molecule has 1 heterocycles. The quantitative estimate of drug-likeness (QED) is 0.617. The molecule has 0 bridgehead atoms. The van der Waals surface area contributed by atoms with E-state index < -0.39 is 0 Å². The molecule has 3 N–H and O–H groups in total. The molecule has 3 amide bonds. The van der Waals surface area contributed by atoms with Crippen molar-refractivity contribution in [1.82, 2.24) is 5.32 Å². The van der Waals surface area contributed by atoms with Gasteiger partial charge in [0.05, 0.1) is 19.2 Å². The summed E-state index contributed by atoms with van der Waals surface area (Å²) in [5.41, 5.74) is 1.76. The van der Waals surface area contributed by atoms with E-state index in [-0.39, 0.29) is 30.7 Å². The molecule has 138 valence electrons. The first-order valence-electron chi connectivity index (χ1n) is 8.30. The van der Waals surface area contributed by atoms with Crippen LogP contribution in [0.2, 0.25) is 0 Å². The first-order valence-corrected chi connectivity index (χ1v) is 8.30. The van der Waals surface area contributed by atoms with Gasteiger partial charge in [-0.25, -0.2) is 9.18 Å². The summed E-state index contributed by atoms with van der Waals surface area (Å²) in [6.07, 6.45) is 1.61. The average molecular weight is 367 g/mol. The normalized spacial score (nSPS) is 10.3. The lowest BCUT2D eigenvalue weighted by Crippen LogP contribution is -2.27. The van der Waals surface area contributed by atoms with Crippen LogP contribution in [0.4, 0.5) is 20.6 Å². The summed E-state index contributed by atoms with van der Waals surface area (Å²) in [4.78, 5) is 23.9. The van der Waals surface area contributed by atoms with Gasteiger partial charge in [0.2, 0.25) is 5.91 Å². The van der Waals surface area contributed by atoms with Gasteiger partial charge in [0.25, 0.3) is 0 Å². The Morgan fingerprint density at radius 2 is 1.67 bits per heavy atom. The molecule has 27 heavy (non-hydrogen) atoms. The van der Waals surface area contributed by atoms with E-state index in [1.54, 1.807) is 48.5 Å². The lowest BCUT2D eigenvalue weighted by atomic mass is 10.1. The number of hydrogen-bond donors (Lipinski definition) is 3. The van der Waals surface area contributed by atoms with Crippen LogP contribution in [0.3, 0.4) is 0 Å². The largest absolute Gasteiger partial charge is 0.467 e. The number of halogens is 1. The molecule has 0 fully saturated rings. The smallest absolute Gasteiger partial charge is 0.319 e. The maximum absolute atomic E-state index is 13.2. The molecule has 0 aliphatic carbocycles. The topological polar surface area (TPSA) is 83.4 Å². The highest BCUT2D eigenvalue weighted by Gasteiger charge is 2.06. The monoisotopic (exact) mass is 367 g/mol. The third kappa shape index (κ3) is 5.71. The molecule has 7 heteroatoms.